The summed E-state index contributed by atoms with van der Waals surface area (Å²) in [5.74, 6) is 0. The molecule has 0 unspecified atom stereocenters. The fourth-order valence-corrected chi connectivity index (χ4v) is 4.39. The number of hydrogen-bond donors (Lipinski definition) is 3. The van der Waals surface area contributed by atoms with Crippen LogP contribution in [-0.2, 0) is 6.54 Å². The molecule has 0 amide bonds. The van der Waals surface area contributed by atoms with Crippen LogP contribution in [0.3, 0.4) is 0 Å². The zero-order valence-electron chi connectivity index (χ0n) is 18.2. The fraction of sp³-hybridized carbons (Fsp3) is 0.565. The second-order valence-corrected chi connectivity index (χ2v) is 9.16. The molecule has 1 fully saturated rings. The monoisotopic (exact) mass is 415 g/mol. The summed E-state index contributed by atoms with van der Waals surface area (Å²) < 4.78 is 0. The van der Waals surface area contributed by atoms with E-state index >= 15 is 0 Å². The van der Waals surface area contributed by atoms with Crippen molar-refractivity contribution in [1.82, 2.24) is 15.2 Å². The molecule has 0 saturated heterocycles. The number of aromatic amines is 1. The van der Waals surface area contributed by atoms with Crippen molar-refractivity contribution in [3.05, 3.63) is 45.2 Å². The van der Waals surface area contributed by atoms with Gasteiger partial charge in [-0.2, -0.15) is 0 Å². The van der Waals surface area contributed by atoms with Crippen LogP contribution in [-0.4, -0.2) is 48.2 Å². The van der Waals surface area contributed by atoms with Crippen LogP contribution in [0.5, 0.6) is 0 Å². The summed E-state index contributed by atoms with van der Waals surface area (Å²) in [4.78, 5) is 19.5. The average Bonchev–Trinajstić information content (AvgIpc) is 2.69. The van der Waals surface area contributed by atoms with Gasteiger partial charge in [-0.1, -0.05) is 31.4 Å². The number of aromatic nitrogens is 1. The molecule has 158 valence electrons. The van der Waals surface area contributed by atoms with Crippen molar-refractivity contribution in [3.63, 3.8) is 0 Å². The van der Waals surface area contributed by atoms with E-state index in [2.05, 4.69) is 54.4 Å². The number of nitrogens with one attached hydrogen (secondary N) is 3. The third kappa shape index (κ3) is 5.58. The Morgan fingerprint density at radius 2 is 1.90 bits per heavy atom. The highest BCUT2D eigenvalue weighted by atomic mass is 32.1. The maximum Gasteiger partial charge on any atom is 0.253 e. The van der Waals surface area contributed by atoms with Crippen LogP contribution in [0.4, 0.5) is 0 Å². The van der Waals surface area contributed by atoms with Gasteiger partial charge in [-0.3, -0.25) is 4.79 Å². The summed E-state index contributed by atoms with van der Waals surface area (Å²) >= 11 is 5.79. The topological polar surface area (TPSA) is 52.6 Å². The van der Waals surface area contributed by atoms with Crippen molar-refractivity contribution in [3.8, 4) is 0 Å². The molecule has 3 N–H and O–H groups in total. The molecule has 5 nitrogen and oxygen atoms in total. The van der Waals surface area contributed by atoms with E-state index in [9.17, 15) is 4.79 Å². The molecule has 1 aromatic heterocycles. The van der Waals surface area contributed by atoms with Gasteiger partial charge in [0, 0.05) is 17.0 Å². The van der Waals surface area contributed by atoms with Gasteiger partial charge in [-0.25, -0.2) is 0 Å². The molecule has 1 heterocycles. The van der Waals surface area contributed by atoms with E-state index in [1.165, 1.54) is 42.6 Å². The molecule has 1 aliphatic rings. The third-order valence-corrected chi connectivity index (χ3v) is 6.36. The van der Waals surface area contributed by atoms with Crippen molar-refractivity contribution in [1.29, 1.82) is 0 Å². The van der Waals surface area contributed by atoms with Crippen LogP contribution >= 0.6 is 12.2 Å². The number of benzene rings is 1. The number of hydrogen-bond acceptors (Lipinski definition) is 2. The van der Waals surface area contributed by atoms with E-state index in [0.717, 1.165) is 40.2 Å². The molecule has 1 aromatic carbocycles. The molecular weight excluding hydrogens is 380 g/mol. The smallest absolute Gasteiger partial charge is 0.253 e. The second kappa shape index (κ2) is 9.72. The van der Waals surface area contributed by atoms with Gasteiger partial charge in [-0.15, -0.1) is 0 Å². The summed E-state index contributed by atoms with van der Waals surface area (Å²) in [7, 11) is 4.29. The van der Waals surface area contributed by atoms with Crippen molar-refractivity contribution < 1.29 is 4.90 Å². The van der Waals surface area contributed by atoms with Gasteiger partial charge in [0.15, 0.2) is 5.11 Å². The predicted molar refractivity (Wildman–Crippen MR) is 125 cm³/mol. The lowest BCUT2D eigenvalue weighted by Gasteiger charge is -2.31. The van der Waals surface area contributed by atoms with Gasteiger partial charge < -0.3 is 20.1 Å². The number of thiocarbonyl (C=S) groups is 1. The summed E-state index contributed by atoms with van der Waals surface area (Å²) in [6, 6.07) is 6.69. The molecule has 0 radical (unpaired) electrons. The Kier molecular flexibility index (Phi) is 7.30. The minimum Gasteiger partial charge on any atom is -0.360 e. The predicted octanol–water partition coefficient (Wildman–Crippen LogP) is 2.30. The first-order chi connectivity index (χ1) is 13.8. The van der Waals surface area contributed by atoms with E-state index < -0.39 is 0 Å². The van der Waals surface area contributed by atoms with E-state index in [4.69, 9.17) is 12.2 Å². The first kappa shape index (κ1) is 21.8. The van der Waals surface area contributed by atoms with Crippen molar-refractivity contribution in [2.75, 3.05) is 27.2 Å². The molecule has 3 rings (SSSR count). The maximum absolute atomic E-state index is 12.8. The van der Waals surface area contributed by atoms with Gasteiger partial charge >= 0.3 is 0 Å². The zero-order chi connectivity index (χ0) is 21.0. The van der Waals surface area contributed by atoms with Crippen LogP contribution in [0.15, 0.2) is 23.0 Å². The molecule has 2 aromatic rings. The molecule has 0 spiro atoms. The number of fused-ring (bicyclic) bond motifs is 1. The number of H-pyrrole nitrogens is 1. The van der Waals surface area contributed by atoms with Crippen LogP contribution in [0.25, 0.3) is 10.9 Å². The molecule has 1 aliphatic carbocycles. The Morgan fingerprint density at radius 1 is 1.21 bits per heavy atom. The molecule has 0 atom stereocenters. The van der Waals surface area contributed by atoms with Gasteiger partial charge in [-0.05, 0) is 56.1 Å². The van der Waals surface area contributed by atoms with Gasteiger partial charge in [0.1, 0.15) is 0 Å². The number of likely N-dealkylation sites (N-methyl/N-ethyl adjacent to an activating group) is 1. The number of rotatable bonds is 6. The summed E-state index contributed by atoms with van der Waals surface area (Å²) in [6.45, 7) is 6.45. The summed E-state index contributed by atoms with van der Waals surface area (Å²) in [5.41, 5.74) is 3.96. The molecule has 0 aliphatic heterocycles. The Labute approximate surface area is 179 Å². The first-order valence-electron chi connectivity index (χ1n) is 10.8. The number of aryl methyl sites for hydroxylation is 2. The SMILES string of the molecule is Cc1ccc(C)c2[nH]c(=O)c(CN(CC[NH+](C)C)C(=S)NC3CCCCC3)cc12. The van der Waals surface area contributed by atoms with Crippen molar-refractivity contribution in [2.45, 2.75) is 58.5 Å². The van der Waals surface area contributed by atoms with Crippen LogP contribution < -0.4 is 15.8 Å². The van der Waals surface area contributed by atoms with E-state index in [1.54, 1.807) is 0 Å². The lowest BCUT2D eigenvalue weighted by Crippen LogP contribution is -3.06. The fourth-order valence-electron chi connectivity index (χ4n) is 4.07. The minimum atomic E-state index is -0.0196. The summed E-state index contributed by atoms with van der Waals surface area (Å²) in [6.07, 6.45) is 6.23. The molecule has 29 heavy (non-hydrogen) atoms. The Hall–Kier alpha value is -1.92. The van der Waals surface area contributed by atoms with Gasteiger partial charge in [0.25, 0.3) is 5.56 Å². The second-order valence-electron chi connectivity index (χ2n) is 8.77. The quantitative estimate of drug-likeness (QED) is 0.634. The number of quaternary nitrogens is 1. The molecular formula is C23H35N4OS+. The molecule has 6 heteroatoms. The molecule has 0 bridgehead atoms. The highest BCUT2D eigenvalue weighted by Gasteiger charge is 2.19. The number of pyridine rings is 1. The van der Waals surface area contributed by atoms with Gasteiger partial charge in [0.05, 0.1) is 39.2 Å². The van der Waals surface area contributed by atoms with E-state index in [0.29, 0.717) is 12.6 Å². The maximum atomic E-state index is 12.8. The zero-order valence-corrected chi connectivity index (χ0v) is 19.0. The largest absolute Gasteiger partial charge is 0.360 e. The van der Waals surface area contributed by atoms with Crippen molar-refractivity contribution >= 4 is 28.2 Å². The van der Waals surface area contributed by atoms with Crippen molar-refractivity contribution in [2.24, 2.45) is 0 Å². The average molecular weight is 416 g/mol. The first-order valence-corrected chi connectivity index (χ1v) is 11.2. The van der Waals surface area contributed by atoms with E-state index in [1.807, 2.05) is 6.92 Å². The Bertz CT molecular complexity index is 915. The lowest BCUT2D eigenvalue weighted by molar-refractivity contribution is -0.857. The molecule has 1 saturated carbocycles. The van der Waals surface area contributed by atoms with Gasteiger partial charge in [0.2, 0.25) is 0 Å². The standard InChI is InChI=1S/C23H34N4OS/c1-16-10-11-17(2)21-20(16)14-18(22(28)25-21)15-27(13-12-26(3)4)23(29)24-19-8-6-5-7-9-19/h10-11,14,19H,5-9,12-13,15H2,1-4H3,(H,24,29)(H,25,28)/p+1. The van der Waals surface area contributed by atoms with Crippen LogP contribution in [0.2, 0.25) is 0 Å². The van der Waals surface area contributed by atoms with E-state index in [-0.39, 0.29) is 5.56 Å². The minimum absolute atomic E-state index is 0.0196. The Balaban J connectivity index is 1.84. The highest BCUT2D eigenvalue weighted by Crippen LogP contribution is 2.21. The van der Waals surface area contributed by atoms with Crippen LogP contribution in [0.1, 0.15) is 48.8 Å². The Morgan fingerprint density at radius 3 is 2.59 bits per heavy atom. The van der Waals surface area contributed by atoms with Crippen LogP contribution in [0, 0.1) is 13.8 Å². The summed E-state index contributed by atoms with van der Waals surface area (Å²) in [5, 5.41) is 5.47. The normalized spacial score (nSPS) is 15.1. The lowest BCUT2D eigenvalue weighted by atomic mass is 9.96. The third-order valence-electron chi connectivity index (χ3n) is 5.98. The number of nitrogens with zero attached hydrogens (tertiary/aromatic N) is 1. The highest BCUT2D eigenvalue weighted by molar-refractivity contribution is 7.80.